The average molecular weight is 351 g/mol. The highest BCUT2D eigenvalue weighted by molar-refractivity contribution is 5.96. The molecule has 1 N–H and O–H groups in total. The minimum atomic E-state index is -0.436. The molecule has 2 heterocycles. The summed E-state index contributed by atoms with van der Waals surface area (Å²) in [4.78, 5) is 31.7. The molecule has 0 bridgehead atoms. The van der Waals surface area contributed by atoms with Gasteiger partial charge in [-0.05, 0) is 30.3 Å². The van der Waals surface area contributed by atoms with Crippen LogP contribution in [0.5, 0.6) is 0 Å². The lowest BCUT2D eigenvalue weighted by Gasteiger charge is -2.06. The molecule has 8 heteroatoms. The molecule has 132 valence electrons. The van der Waals surface area contributed by atoms with Gasteiger partial charge in [-0.1, -0.05) is 0 Å². The first kappa shape index (κ1) is 17.3. The highest BCUT2D eigenvalue weighted by Crippen LogP contribution is 2.11. The van der Waals surface area contributed by atoms with E-state index < -0.39 is 5.97 Å². The number of methoxy groups -OCH3 is 1. The maximum atomic E-state index is 12.1. The van der Waals surface area contributed by atoms with Crippen LogP contribution in [0.4, 0.5) is 0 Å². The van der Waals surface area contributed by atoms with Gasteiger partial charge in [-0.2, -0.15) is 5.10 Å². The van der Waals surface area contributed by atoms with Crippen LogP contribution < -0.4 is 5.32 Å². The lowest BCUT2D eigenvalue weighted by molar-refractivity contribution is 0.0600. The van der Waals surface area contributed by atoms with Gasteiger partial charge in [0.15, 0.2) is 0 Å². The Balaban J connectivity index is 1.52. The van der Waals surface area contributed by atoms with Gasteiger partial charge in [0, 0.05) is 30.7 Å². The van der Waals surface area contributed by atoms with E-state index in [-0.39, 0.29) is 5.91 Å². The summed E-state index contributed by atoms with van der Waals surface area (Å²) in [6.45, 7) is 0.936. The van der Waals surface area contributed by atoms with E-state index in [2.05, 4.69) is 25.1 Å². The molecule has 1 amide bonds. The van der Waals surface area contributed by atoms with Crippen LogP contribution in [0, 0.1) is 0 Å². The first-order valence-corrected chi connectivity index (χ1v) is 7.94. The maximum absolute atomic E-state index is 12.1. The lowest BCUT2D eigenvalue weighted by Crippen LogP contribution is -2.27. The molecule has 0 aliphatic rings. The molecule has 2 aromatic heterocycles. The van der Waals surface area contributed by atoms with Gasteiger partial charge in [0.2, 0.25) is 0 Å². The fourth-order valence-electron chi connectivity index (χ4n) is 2.32. The minimum Gasteiger partial charge on any atom is -0.465 e. The van der Waals surface area contributed by atoms with Gasteiger partial charge in [0.25, 0.3) is 5.91 Å². The number of rotatable bonds is 6. The van der Waals surface area contributed by atoms with E-state index >= 15 is 0 Å². The number of ether oxygens (including phenoxy) is 1. The molecule has 1 aromatic carbocycles. The molecule has 26 heavy (non-hydrogen) atoms. The number of benzene rings is 1. The molecule has 3 rings (SSSR count). The summed E-state index contributed by atoms with van der Waals surface area (Å²) in [5.74, 6) is -0.655. The Labute approximate surface area is 149 Å². The second kappa shape index (κ2) is 8.02. The molecule has 0 fully saturated rings. The third kappa shape index (κ3) is 4.10. The third-order valence-electron chi connectivity index (χ3n) is 3.66. The number of amides is 1. The van der Waals surface area contributed by atoms with E-state index in [4.69, 9.17) is 0 Å². The third-order valence-corrected chi connectivity index (χ3v) is 3.66. The van der Waals surface area contributed by atoms with Crippen LogP contribution in [0.2, 0.25) is 0 Å². The Kier molecular flexibility index (Phi) is 5.33. The molecular weight excluding hydrogens is 334 g/mol. The van der Waals surface area contributed by atoms with Gasteiger partial charge < -0.3 is 10.1 Å². The van der Waals surface area contributed by atoms with Crippen molar-refractivity contribution in [1.82, 2.24) is 25.1 Å². The molecule has 8 nitrogen and oxygen atoms in total. The van der Waals surface area contributed by atoms with Crippen molar-refractivity contribution in [2.24, 2.45) is 0 Å². The number of hydrogen-bond donors (Lipinski definition) is 1. The molecule has 0 spiro atoms. The standard InChI is InChI=1S/C18H17N5O3/c1-26-18(25)14-4-2-13(3-5-14)17(24)21-9-11-23-10-6-15(22-23)16-12-19-7-8-20-16/h2-8,10,12H,9,11H2,1H3,(H,21,24). The zero-order valence-electron chi connectivity index (χ0n) is 14.1. The number of hydrogen-bond acceptors (Lipinski definition) is 6. The number of aromatic nitrogens is 4. The van der Waals surface area contributed by atoms with Gasteiger partial charge in [-0.15, -0.1) is 0 Å². The van der Waals surface area contributed by atoms with E-state index in [1.807, 2.05) is 12.3 Å². The Bertz CT molecular complexity index is 891. The topological polar surface area (TPSA) is 99.0 Å². The smallest absolute Gasteiger partial charge is 0.337 e. The highest BCUT2D eigenvalue weighted by Gasteiger charge is 2.09. The van der Waals surface area contributed by atoms with Crippen LogP contribution in [0.15, 0.2) is 55.1 Å². The van der Waals surface area contributed by atoms with Crippen molar-refractivity contribution in [3.63, 3.8) is 0 Å². The summed E-state index contributed by atoms with van der Waals surface area (Å²) < 4.78 is 6.35. The van der Waals surface area contributed by atoms with E-state index in [1.54, 1.807) is 47.5 Å². The normalized spacial score (nSPS) is 10.3. The van der Waals surface area contributed by atoms with Crippen molar-refractivity contribution in [2.75, 3.05) is 13.7 Å². The van der Waals surface area contributed by atoms with Gasteiger partial charge in [-0.25, -0.2) is 4.79 Å². The van der Waals surface area contributed by atoms with Crippen LogP contribution in [0.3, 0.4) is 0 Å². The van der Waals surface area contributed by atoms with E-state index in [0.29, 0.717) is 29.9 Å². The van der Waals surface area contributed by atoms with Crippen LogP contribution in [-0.2, 0) is 11.3 Å². The Morgan fingerprint density at radius 2 is 1.85 bits per heavy atom. The molecular formula is C18H17N5O3. The summed E-state index contributed by atoms with van der Waals surface area (Å²) in [6.07, 6.45) is 6.68. The number of carbonyl (C=O) groups excluding carboxylic acids is 2. The Morgan fingerprint density at radius 3 is 2.54 bits per heavy atom. The molecule has 3 aromatic rings. The molecule has 0 radical (unpaired) electrons. The van der Waals surface area contributed by atoms with Crippen LogP contribution >= 0.6 is 0 Å². The maximum Gasteiger partial charge on any atom is 0.337 e. The monoisotopic (exact) mass is 351 g/mol. The highest BCUT2D eigenvalue weighted by atomic mass is 16.5. The number of nitrogens with zero attached hydrogens (tertiary/aromatic N) is 4. The van der Waals surface area contributed by atoms with E-state index in [0.717, 1.165) is 5.69 Å². The summed E-state index contributed by atoms with van der Waals surface area (Å²) in [5.41, 5.74) is 2.29. The molecule has 0 saturated carbocycles. The number of nitrogens with one attached hydrogen (secondary N) is 1. The predicted octanol–water partition coefficient (Wildman–Crippen LogP) is 1.56. The van der Waals surface area contributed by atoms with Crippen LogP contribution in [0.25, 0.3) is 11.4 Å². The largest absolute Gasteiger partial charge is 0.465 e. The fourth-order valence-corrected chi connectivity index (χ4v) is 2.32. The number of esters is 1. The SMILES string of the molecule is COC(=O)c1ccc(C(=O)NCCn2ccc(-c3cnccn3)n2)cc1. The molecule has 0 aliphatic heterocycles. The Morgan fingerprint density at radius 1 is 1.08 bits per heavy atom. The first-order valence-electron chi connectivity index (χ1n) is 7.94. The zero-order valence-corrected chi connectivity index (χ0v) is 14.1. The van der Waals surface area contributed by atoms with Gasteiger partial charge in [-0.3, -0.25) is 19.4 Å². The fraction of sp³-hybridized carbons (Fsp3) is 0.167. The van der Waals surface area contributed by atoms with Crippen molar-refractivity contribution in [3.8, 4) is 11.4 Å². The molecule has 0 saturated heterocycles. The van der Waals surface area contributed by atoms with Gasteiger partial charge in [0.1, 0.15) is 11.4 Å². The lowest BCUT2D eigenvalue weighted by atomic mass is 10.1. The number of carbonyl (C=O) groups is 2. The average Bonchev–Trinajstić information content (AvgIpc) is 3.17. The van der Waals surface area contributed by atoms with Gasteiger partial charge >= 0.3 is 5.97 Å². The van der Waals surface area contributed by atoms with E-state index in [9.17, 15) is 9.59 Å². The summed E-state index contributed by atoms with van der Waals surface area (Å²) in [7, 11) is 1.31. The molecule has 0 atom stereocenters. The Hall–Kier alpha value is -3.55. The second-order valence-corrected chi connectivity index (χ2v) is 5.38. The quantitative estimate of drug-likeness (QED) is 0.677. The van der Waals surface area contributed by atoms with Crippen molar-refractivity contribution in [3.05, 3.63) is 66.2 Å². The van der Waals surface area contributed by atoms with Crippen LogP contribution in [0.1, 0.15) is 20.7 Å². The minimum absolute atomic E-state index is 0.220. The predicted molar refractivity (Wildman–Crippen MR) is 93.4 cm³/mol. The van der Waals surface area contributed by atoms with Crippen molar-refractivity contribution in [2.45, 2.75) is 6.54 Å². The summed E-state index contributed by atoms with van der Waals surface area (Å²) in [6, 6.07) is 8.13. The van der Waals surface area contributed by atoms with Crippen LogP contribution in [-0.4, -0.2) is 45.3 Å². The second-order valence-electron chi connectivity index (χ2n) is 5.38. The van der Waals surface area contributed by atoms with Gasteiger partial charge in [0.05, 0.1) is 25.4 Å². The molecule has 0 unspecified atom stereocenters. The first-order chi connectivity index (χ1) is 12.7. The van der Waals surface area contributed by atoms with Crippen molar-refractivity contribution in [1.29, 1.82) is 0 Å². The molecule has 0 aliphatic carbocycles. The van der Waals surface area contributed by atoms with Crippen molar-refractivity contribution >= 4 is 11.9 Å². The summed E-state index contributed by atoms with van der Waals surface area (Å²) >= 11 is 0. The summed E-state index contributed by atoms with van der Waals surface area (Å²) in [5, 5.41) is 7.22. The zero-order chi connectivity index (χ0) is 18.4. The van der Waals surface area contributed by atoms with Crippen molar-refractivity contribution < 1.29 is 14.3 Å². The van der Waals surface area contributed by atoms with E-state index in [1.165, 1.54) is 7.11 Å².